The number of hydrogen-bond acceptors (Lipinski definition) is 4. The van der Waals surface area contributed by atoms with E-state index in [-0.39, 0.29) is 11.1 Å². The number of rotatable bonds is 3. The van der Waals surface area contributed by atoms with Crippen molar-refractivity contribution in [2.24, 2.45) is 5.73 Å². The summed E-state index contributed by atoms with van der Waals surface area (Å²) in [7, 11) is 0. The van der Waals surface area contributed by atoms with E-state index in [0.717, 1.165) is 11.8 Å². The maximum Gasteiger partial charge on any atom is 0.279 e. The summed E-state index contributed by atoms with van der Waals surface area (Å²) in [6.45, 7) is 4.05. The molecule has 5 nitrogen and oxygen atoms in total. The number of nitrogens with one attached hydrogen (secondary N) is 2. The monoisotopic (exact) mass is 217 g/mol. The fourth-order valence-electron chi connectivity index (χ4n) is 0.998. The molecule has 6 heteroatoms. The maximum atomic E-state index is 11.6. The average Bonchev–Trinajstić information content (AvgIpc) is 2.51. The summed E-state index contributed by atoms with van der Waals surface area (Å²) < 4.78 is 0. The van der Waals surface area contributed by atoms with Crippen LogP contribution in [0.4, 0.5) is 4.79 Å². The summed E-state index contributed by atoms with van der Waals surface area (Å²) in [4.78, 5) is 22.4. The molecule has 4 N–H and O–H groups in total. The van der Waals surface area contributed by atoms with E-state index in [0.29, 0.717) is 12.3 Å². The highest BCUT2D eigenvalue weighted by Gasteiger charge is 2.30. The van der Waals surface area contributed by atoms with Crippen molar-refractivity contribution in [2.45, 2.75) is 25.4 Å². The van der Waals surface area contributed by atoms with E-state index in [2.05, 4.69) is 10.6 Å². The van der Waals surface area contributed by atoms with Gasteiger partial charge in [-0.3, -0.25) is 9.59 Å². The quantitative estimate of drug-likeness (QED) is 0.604. The van der Waals surface area contributed by atoms with E-state index in [1.165, 1.54) is 0 Å². The van der Waals surface area contributed by atoms with Crippen molar-refractivity contribution < 1.29 is 9.59 Å². The number of carbonyl (C=O) groups excluding carboxylic acids is 2. The lowest BCUT2D eigenvalue weighted by Gasteiger charge is -2.25. The van der Waals surface area contributed by atoms with Gasteiger partial charge in [0.2, 0.25) is 5.91 Å². The van der Waals surface area contributed by atoms with Gasteiger partial charge in [-0.2, -0.15) is 0 Å². The van der Waals surface area contributed by atoms with Crippen LogP contribution in [0.2, 0.25) is 0 Å². The van der Waals surface area contributed by atoms with Gasteiger partial charge in [-0.25, -0.2) is 0 Å². The highest BCUT2D eigenvalue weighted by molar-refractivity contribution is 8.14. The summed E-state index contributed by atoms with van der Waals surface area (Å²) in [5.41, 5.74) is 5.05. The minimum absolute atomic E-state index is 0.143. The maximum absolute atomic E-state index is 11.6. The van der Waals surface area contributed by atoms with Gasteiger partial charge in [0.15, 0.2) is 0 Å². The second-order valence-electron chi connectivity index (χ2n) is 3.87. The highest BCUT2D eigenvalue weighted by atomic mass is 32.2. The SMILES string of the molecule is CC(C)(CN)NC(=O)[C@@H]1CSC(=O)N1. The van der Waals surface area contributed by atoms with Gasteiger partial charge in [0.05, 0.1) is 0 Å². The molecule has 1 aliphatic rings. The Kier molecular flexibility index (Phi) is 3.38. The molecular formula is C8H15N3O2S. The van der Waals surface area contributed by atoms with Gasteiger partial charge in [-0.15, -0.1) is 0 Å². The lowest BCUT2D eigenvalue weighted by Crippen LogP contribution is -2.54. The number of nitrogens with two attached hydrogens (primary N) is 1. The summed E-state index contributed by atoms with van der Waals surface area (Å²) in [6.07, 6.45) is 0. The fourth-order valence-corrected chi connectivity index (χ4v) is 1.78. The zero-order valence-electron chi connectivity index (χ0n) is 8.29. The third-order valence-electron chi connectivity index (χ3n) is 1.96. The zero-order valence-corrected chi connectivity index (χ0v) is 9.11. The first kappa shape index (κ1) is 11.3. The Hall–Kier alpha value is -0.750. The standard InChI is InChI=1S/C8H15N3O2S/c1-8(2,4-9)11-6(12)5-3-14-7(13)10-5/h5H,3-4,9H2,1-2H3,(H,10,13)(H,11,12)/t5-/m0/s1. The molecule has 14 heavy (non-hydrogen) atoms. The van der Waals surface area contributed by atoms with Crippen LogP contribution in [-0.2, 0) is 4.79 Å². The molecule has 0 saturated carbocycles. The van der Waals surface area contributed by atoms with Gasteiger partial charge in [0.1, 0.15) is 6.04 Å². The first-order valence-corrected chi connectivity index (χ1v) is 5.38. The molecular weight excluding hydrogens is 202 g/mol. The van der Waals surface area contributed by atoms with Gasteiger partial charge in [0, 0.05) is 17.8 Å². The Morgan fingerprint density at radius 2 is 2.43 bits per heavy atom. The number of carbonyl (C=O) groups is 2. The van der Waals surface area contributed by atoms with Crippen LogP contribution in [0, 0.1) is 0 Å². The van der Waals surface area contributed by atoms with Crippen LogP contribution in [-0.4, -0.2) is 35.0 Å². The second-order valence-corrected chi connectivity index (χ2v) is 4.87. The summed E-state index contributed by atoms with van der Waals surface area (Å²) in [5.74, 6) is 0.324. The van der Waals surface area contributed by atoms with Gasteiger partial charge < -0.3 is 16.4 Å². The van der Waals surface area contributed by atoms with Crippen molar-refractivity contribution in [1.82, 2.24) is 10.6 Å². The molecule has 1 aliphatic heterocycles. The van der Waals surface area contributed by atoms with Gasteiger partial charge in [-0.1, -0.05) is 11.8 Å². The van der Waals surface area contributed by atoms with Crippen molar-refractivity contribution in [3.8, 4) is 0 Å². The number of amides is 2. The van der Waals surface area contributed by atoms with Gasteiger partial charge in [0.25, 0.3) is 5.24 Å². The minimum atomic E-state index is -0.422. The Bertz CT molecular complexity index is 255. The van der Waals surface area contributed by atoms with E-state index >= 15 is 0 Å². The zero-order chi connectivity index (χ0) is 10.8. The molecule has 1 atom stereocenters. The van der Waals surface area contributed by atoms with E-state index in [4.69, 9.17) is 5.73 Å². The molecule has 0 unspecified atom stereocenters. The third kappa shape index (κ3) is 2.88. The Morgan fingerprint density at radius 1 is 1.79 bits per heavy atom. The molecule has 80 valence electrons. The largest absolute Gasteiger partial charge is 0.348 e. The van der Waals surface area contributed by atoms with Crippen LogP contribution < -0.4 is 16.4 Å². The highest BCUT2D eigenvalue weighted by Crippen LogP contribution is 2.13. The Morgan fingerprint density at radius 3 is 2.86 bits per heavy atom. The molecule has 0 bridgehead atoms. The lowest BCUT2D eigenvalue weighted by atomic mass is 10.1. The van der Waals surface area contributed by atoms with Crippen LogP contribution in [0.3, 0.4) is 0 Å². The average molecular weight is 217 g/mol. The smallest absolute Gasteiger partial charge is 0.279 e. The third-order valence-corrected chi connectivity index (χ3v) is 2.84. The first-order chi connectivity index (χ1) is 6.44. The van der Waals surface area contributed by atoms with Gasteiger partial charge in [-0.05, 0) is 13.8 Å². The fraction of sp³-hybridized carbons (Fsp3) is 0.750. The molecule has 0 aromatic carbocycles. The molecule has 0 aliphatic carbocycles. The molecule has 0 aromatic heterocycles. The van der Waals surface area contributed by atoms with Crippen LogP contribution >= 0.6 is 11.8 Å². The van der Waals surface area contributed by atoms with Crippen molar-refractivity contribution in [3.05, 3.63) is 0 Å². The first-order valence-electron chi connectivity index (χ1n) is 4.40. The summed E-state index contributed by atoms with van der Waals surface area (Å²) in [6, 6.07) is -0.418. The molecule has 1 fully saturated rings. The number of hydrogen-bond donors (Lipinski definition) is 3. The van der Waals surface area contributed by atoms with Crippen molar-refractivity contribution in [2.75, 3.05) is 12.3 Å². The summed E-state index contributed by atoms with van der Waals surface area (Å²) in [5, 5.41) is 5.21. The van der Waals surface area contributed by atoms with Crippen molar-refractivity contribution >= 4 is 22.9 Å². The molecule has 1 saturated heterocycles. The van der Waals surface area contributed by atoms with Crippen molar-refractivity contribution in [3.63, 3.8) is 0 Å². The number of thioether (sulfide) groups is 1. The van der Waals surface area contributed by atoms with E-state index < -0.39 is 11.6 Å². The second kappa shape index (κ2) is 4.18. The topological polar surface area (TPSA) is 84.2 Å². The normalized spacial score (nSPS) is 21.9. The molecule has 1 rings (SSSR count). The van der Waals surface area contributed by atoms with Gasteiger partial charge >= 0.3 is 0 Å². The van der Waals surface area contributed by atoms with Crippen LogP contribution in [0.15, 0.2) is 0 Å². The molecule has 0 aromatic rings. The summed E-state index contributed by atoms with van der Waals surface area (Å²) >= 11 is 1.13. The molecule has 0 radical (unpaired) electrons. The molecule has 0 spiro atoms. The van der Waals surface area contributed by atoms with Crippen LogP contribution in [0.1, 0.15) is 13.8 Å². The van der Waals surface area contributed by atoms with Crippen LogP contribution in [0.5, 0.6) is 0 Å². The minimum Gasteiger partial charge on any atom is -0.348 e. The predicted octanol–water partition coefficient (Wildman–Crippen LogP) is -0.335. The molecule has 1 heterocycles. The predicted molar refractivity (Wildman–Crippen MR) is 56.1 cm³/mol. The van der Waals surface area contributed by atoms with E-state index in [1.54, 1.807) is 0 Å². The van der Waals surface area contributed by atoms with Crippen molar-refractivity contribution in [1.29, 1.82) is 0 Å². The molecule has 2 amide bonds. The van der Waals surface area contributed by atoms with E-state index in [9.17, 15) is 9.59 Å². The lowest BCUT2D eigenvalue weighted by molar-refractivity contribution is -0.123. The Balaban J connectivity index is 2.46. The Labute approximate surface area is 87.2 Å². The van der Waals surface area contributed by atoms with E-state index in [1.807, 2.05) is 13.8 Å². The van der Waals surface area contributed by atoms with Crippen LogP contribution in [0.25, 0.3) is 0 Å².